The molecule has 0 unspecified atom stereocenters. The summed E-state index contributed by atoms with van der Waals surface area (Å²) in [4.78, 5) is 23.9. The molecule has 2 atom stereocenters. The zero-order valence-electron chi connectivity index (χ0n) is 13.1. The summed E-state index contributed by atoms with van der Waals surface area (Å²) in [7, 11) is 0. The zero-order valence-corrected chi connectivity index (χ0v) is 13.1. The van der Waals surface area contributed by atoms with E-state index in [-0.39, 0.29) is 23.0 Å². The molecule has 1 aromatic carbocycles. The van der Waals surface area contributed by atoms with Crippen LogP contribution >= 0.6 is 0 Å². The van der Waals surface area contributed by atoms with Crippen molar-refractivity contribution in [3.63, 3.8) is 0 Å². The van der Waals surface area contributed by atoms with E-state index in [4.69, 9.17) is 0 Å². The maximum absolute atomic E-state index is 12.2. The summed E-state index contributed by atoms with van der Waals surface area (Å²) in [5.41, 5.74) is 0.860. The SMILES string of the molecule is CC(=O)[C@@H](NC(=O)[C@@H](C)Cc1ccccc1)C(C)(C)C. The van der Waals surface area contributed by atoms with E-state index in [1.807, 2.05) is 58.0 Å². The Morgan fingerprint density at radius 1 is 1.15 bits per heavy atom. The Hall–Kier alpha value is -1.64. The fourth-order valence-electron chi connectivity index (χ4n) is 2.27. The highest BCUT2D eigenvalue weighted by Gasteiger charge is 2.31. The molecule has 0 aliphatic carbocycles. The topological polar surface area (TPSA) is 46.2 Å². The van der Waals surface area contributed by atoms with Crippen LogP contribution in [-0.4, -0.2) is 17.7 Å². The molecule has 20 heavy (non-hydrogen) atoms. The van der Waals surface area contributed by atoms with Gasteiger partial charge in [0.05, 0.1) is 6.04 Å². The number of rotatable bonds is 5. The van der Waals surface area contributed by atoms with E-state index in [9.17, 15) is 9.59 Å². The van der Waals surface area contributed by atoms with Crippen LogP contribution in [0.2, 0.25) is 0 Å². The molecule has 0 aliphatic heterocycles. The molecular weight excluding hydrogens is 250 g/mol. The van der Waals surface area contributed by atoms with Crippen molar-refractivity contribution in [2.75, 3.05) is 0 Å². The average Bonchev–Trinajstić information content (AvgIpc) is 2.34. The molecule has 0 saturated carbocycles. The van der Waals surface area contributed by atoms with Crippen LogP contribution in [0.4, 0.5) is 0 Å². The van der Waals surface area contributed by atoms with Crippen LogP contribution < -0.4 is 5.32 Å². The number of hydrogen-bond donors (Lipinski definition) is 1. The van der Waals surface area contributed by atoms with Gasteiger partial charge >= 0.3 is 0 Å². The minimum Gasteiger partial charge on any atom is -0.346 e. The van der Waals surface area contributed by atoms with Crippen molar-refractivity contribution in [1.29, 1.82) is 0 Å². The lowest BCUT2D eigenvalue weighted by molar-refractivity contribution is -0.131. The molecule has 1 amide bonds. The highest BCUT2D eigenvalue weighted by atomic mass is 16.2. The van der Waals surface area contributed by atoms with Gasteiger partial charge in [-0.2, -0.15) is 0 Å². The summed E-state index contributed by atoms with van der Waals surface area (Å²) < 4.78 is 0. The van der Waals surface area contributed by atoms with E-state index < -0.39 is 6.04 Å². The van der Waals surface area contributed by atoms with Gasteiger partial charge < -0.3 is 5.32 Å². The van der Waals surface area contributed by atoms with Gasteiger partial charge in [-0.15, -0.1) is 0 Å². The van der Waals surface area contributed by atoms with Gasteiger partial charge in [0.2, 0.25) is 5.91 Å². The van der Waals surface area contributed by atoms with Crippen molar-refractivity contribution in [2.45, 2.75) is 47.1 Å². The Kier molecular flexibility index (Phi) is 5.49. The van der Waals surface area contributed by atoms with Crippen LogP contribution in [0.5, 0.6) is 0 Å². The number of hydrogen-bond acceptors (Lipinski definition) is 2. The summed E-state index contributed by atoms with van der Waals surface area (Å²) in [6, 6.07) is 9.47. The predicted molar refractivity (Wildman–Crippen MR) is 81.4 cm³/mol. The number of Topliss-reactive ketones (excluding diaryl/α,β-unsaturated/α-hetero) is 1. The lowest BCUT2D eigenvalue weighted by atomic mass is 9.84. The molecule has 0 bridgehead atoms. The van der Waals surface area contributed by atoms with Gasteiger partial charge in [0, 0.05) is 5.92 Å². The standard InChI is InChI=1S/C17H25NO2/c1-12(11-14-9-7-6-8-10-14)16(20)18-15(13(2)19)17(3,4)5/h6-10,12,15H,11H2,1-5H3,(H,18,20)/t12-,15+/m0/s1. The number of carbonyl (C=O) groups is 2. The average molecular weight is 275 g/mol. The molecule has 3 nitrogen and oxygen atoms in total. The van der Waals surface area contributed by atoms with E-state index in [0.717, 1.165) is 5.56 Å². The molecule has 0 heterocycles. The fourth-order valence-corrected chi connectivity index (χ4v) is 2.27. The van der Waals surface area contributed by atoms with E-state index in [0.29, 0.717) is 6.42 Å². The summed E-state index contributed by atoms with van der Waals surface area (Å²) in [6.45, 7) is 9.30. The second-order valence-electron chi connectivity index (χ2n) is 6.51. The van der Waals surface area contributed by atoms with Crippen LogP contribution in [0.3, 0.4) is 0 Å². The summed E-state index contributed by atoms with van der Waals surface area (Å²) in [6.07, 6.45) is 0.682. The number of amides is 1. The van der Waals surface area contributed by atoms with Crippen molar-refractivity contribution in [3.05, 3.63) is 35.9 Å². The molecule has 1 aromatic rings. The van der Waals surface area contributed by atoms with Crippen LogP contribution in [0.15, 0.2) is 30.3 Å². The van der Waals surface area contributed by atoms with Gasteiger partial charge in [0.1, 0.15) is 0 Å². The molecule has 0 spiro atoms. The van der Waals surface area contributed by atoms with Gasteiger partial charge in [-0.1, -0.05) is 58.0 Å². The monoisotopic (exact) mass is 275 g/mol. The second kappa shape index (κ2) is 6.69. The third kappa shape index (κ3) is 4.80. The van der Waals surface area contributed by atoms with E-state index in [2.05, 4.69) is 5.32 Å². The predicted octanol–water partition coefficient (Wildman–Crippen LogP) is 2.99. The summed E-state index contributed by atoms with van der Waals surface area (Å²) >= 11 is 0. The van der Waals surface area contributed by atoms with Gasteiger partial charge in [-0.05, 0) is 24.3 Å². The molecule has 1 N–H and O–H groups in total. The minimum atomic E-state index is -0.437. The number of ketones is 1. The lowest BCUT2D eigenvalue weighted by Crippen LogP contribution is -2.49. The second-order valence-corrected chi connectivity index (χ2v) is 6.51. The first-order valence-electron chi connectivity index (χ1n) is 7.06. The van der Waals surface area contributed by atoms with Crippen molar-refractivity contribution in [1.82, 2.24) is 5.32 Å². The fraction of sp³-hybridized carbons (Fsp3) is 0.529. The van der Waals surface area contributed by atoms with Gasteiger partial charge in [0.25, 0.3) is 0 Å². The Labute approximate surface area is 121 Å². The maximum Gasteiger partial charge on any atom is 0.223 e. The zero-order chi connectivity index (χ0) is 15.3. The minimum absolute atomic E-state index is 0.00207. The molecule has 0 aromatic heterocycles. The molecule has 0 aliphatic rings. The van der Waals surface area contributed by atoms with Crippen molar-refractivity contribution >= 4 is 11.7 Å². The Morgan fingerprint density at radius 3 is 2.15 bits per heavy atom. The largest absolute Gasteiger partial charge is 0.346 e. The van der Waals surface area contributed by atoms with Gasteiger partial charge in [-0.25, -0.2) is 0 Å². The third-order valence-electron chi connectivity index (χ3n) is 3.39. The van der Waals surface area contributed by atoms with Crippen LogP contribution in [0.25, 0.3) is 0 Å². The van der Waals surface area contributed by atoms with Crippen LogP contribution in [-0.2, 0) is 16.0 Å². The van der Waals surface area contributed by atoms with Crippen LogP contribution in [0.1, 0.15) is 40.2 Å². The smallest absolute Gasteiger partial charge is 0.223 e. The van der Waals surface area contributed by atoms with E-state index in [1.165, 1.54) is 6.92 Å². The van der Waals surface area contributed by atoms with E-state index in [1.54, 1.807) is 0 Å². The first kappa shape index (κ1) is 16.4. The molecule has 0 fully saturated rings. The Bertz CT molecular complexity index is 460. The molecular formula is C17H25NO2. The van der Waals surface area contributed by atoms with Gasteiger partial charge in [0.15, 0.2) is 5.78 Å². The number of carbonyl (C=O) groups excluding carboxylic acids is 2. The molecule has 0 saturated heterocycles. The van der Waals surface area contributed by atoms with E-state index >= 15 is 0 Å². The third-order valence-corrected chi connectivity index (χ3v) is 3.39. The van der Waals surface area contributed by atoms with Crippen LogP contribution in [0, 0.1) is 11.3 Å². The molecule has 0 radical (unpaired) electrons. The van der Waals surface area contributed by atoms with Gasteiger partial charge in [-0.3, -0.25) is 9.59 Å². The normalized spacial score (nSPS) is 14.4. The number of benzene rings is 1. The lowest BCUT2D eigenvalue weighted by Gasteiger charge is -2.30. The van der Waals surface area contributed by atoms with Crippen molar-refractivity contribution in [2.24, 2.45) is 11.3 Å². The number of nitrogens with one attached hydrogen (secondary N) is 1. The van der Waals surface area contributed by atoms with Crippen molar-refractivity contribution in [3.8, 4) is 0 Å². The Morgan fingerprint density at radius 2 is 1.70 bits per heavy atom. The highest BCUT2D eigenvalue weighted by molar-refractivity contribution is 5.88. The molecule has 110 valence electrons. The Balaban J connectivity index is 2.67. The highest BCUT2D eigenvalue weighted by Crippen LogP contribution is 2.20. The summed E-state index contributed by atoms with van der Waals surface area (Å²) in [5.74, 6) is -0.219. The molecule has 3 heteroatoms. The first-order chi connectivity index (χ1) is 9.21. The summed E-state index contributed by atoms with van der Waals surface area (Å²) in [5, 5.41) is 2.89. The maximum atomic E-state index is 12.2. The van der Waals surface area contributed by atoms with Crippen molar-refractivity contribution < 1.29 is 9.59 Å². The quantitative estimate of drug-likeness (QED) is 0.898. The first-order valence-corrected chi connectivity index (χ1v) is 7.06. The molecule has 1 rings (SSSR count).